The summed E-state index contributed by atoms with van der Waals surface area (Å²) in [7, 11) is 0. The number of fused-ring (bicyclic) bond motifs is 7. The molecule has 0 spiro atoms. The molecule has 11 aromatic rings. The molecule has 2 aromatic heterocycles. The van der Waals surface area contributed by atoms with E-state index in [1.54, 1.807) is 0 Å². The zero-order valence-corrected chi connectivity index (χ0v) is 29.9. The van der Waals surface area contributed by atoms with Gasteiger partial charge in [0, 0.05) is 55.6 Å². The molecule has 55 heavy (non-hydrogen) atoms. The van der Waals surface area contributed by atoms with E-state index < -0.39 is 0 Å². The molecule has 0 unspecified atom stereocenters. The van der Waals surface area contributed by atoms with E-state index in [0.717, 1.165) is 72.3 Å². The lowest BCUT2D eigenvalue weighted by Gasteiger charge is -2.16. The van der Waals surface area contributed by atoms with Crippen molar-refractivity contribution in [1.82, 2.24) is 4.57 Å². The molecular weight excluding hydrogens is 669 g/mol. The highest BCUT2D eigenvalue weighted by molar-refractivity contribution is 6.18. The maximum absolute atomic E-state index is 6.45. The van der Waals surface area contributed by atoms with Crippen LogP contribution in [0.2, 0.25) is 0 Å². The molecule has 0 aliphatic rings. The Labute approximate surface area is 318 Å². The average Bonchev–Trinajstić information content (AvgIpc) is 3.78. The van der Waals surface area contributed by atoms with E-state index in [-0.39, 0.29) is 0 Å². The number of nitrogens with one attached hydrogen (secondary N) is 1. The van der Waals surface area contributed by atoms with Crippen LogP contribution in [0.25, 0.3) is 93.6 Å². The number of aromatic nitrogens is 1. The van der Waals surface area contributed by atoms with Crippen molar-refractivity contribution in [2.75, 3.05) is 5.32 Å². The van der Waals surface area contributed by atoms with Crippen LogP contribution in [0.3, 0.4) is 0 Å². The van der Waals surface area contributed by atoms with Gasteiger partial charge in [0.15, 0.2) is 0 Å². The molecular formula is C52H34N2O. The van der Waals surface area contributed by atoms with Crippen LogP contribution < -0.4 is 5.32 Å². The fraction of sp³-hybridized carbons (Fsp3) is 0. The van der Waals surface area contributed by atoms with Crippen molar-refractivity contribution >= 4 is 65.9 Å². The van der Waals surface area contributed by atoms with Gasteiger partial charge >= 0.3 is 0 Å². The van der Waals surface area contributed by atoms with Crippen molar-refractivity contribution in [3.8, 4) is 39.1 Å². The Hall–Kier alpha value is -7.36. The van der Waals surface area contributed by atoms with Crippen LogP contribution in [-0.2, 0) is 0 Å². The van der Waals surface area contributed by atoms with Crippen LogP contribution in [0.4, 0.5) is 11.4 Å². The molecule has 1 N–H and O–H groups in total. The Bertz CT molecular complexity index is 3220. The molecule has 0 saturated carbocycles. The first-order valence-electron chi connectivity index (χ1n) is 18.8. The van der Waals surface area contributed by atoms with E-state index in [1.165, 1.54) is 32.7 Å². The number of para-hydroxylation sites is 1. The van der Waals surface area contributed by atoms with Gasteiger partial charge in [0.1, 0.15) is 11.2 Å². The summed E-state index contributed by atoms with van der Waals surface area (Å²) in [6.45, 7) is 0. The van der Waals surface area contributed by atoms with Gasteiger partial charge in [-0.2, -0.15) is 0 Å². The topological polar surface area (TPSA) is 30.1 Å². The standard InChI is InChI=1S/C52H34N2O/c1-3-13-34(14-4-1)37-19-11-20-40(29-37)54-49-28-26-39(31-44(49)45-32-46-42-22-9-10-24-51(42)55-52(46)33-50(45)54)38-25-27-48(43(30-38)36-15-5-2-6-16-36)53-47-23-12-18-35-17-7-8-21-41(35)47/h1-33,53H. The van der Waals surface area contributed by atoms with Gasteiger partial charge in [0.05, 0.1) is 11.0 Å². The normalized spacial score (nSPS) is 11.6. The van der Waals surface area contributed by atoms with Crippen LogP contribution in [-0.4, -0.2) is 4.57 Å². The maximum Gasteiger partial charge on any atom is 0.137 e. The smallest absolute Gasteiger partial charge is 0.137 e. The Morgan fingerprint density at radius 3 is 1.87 bits per heavy atom. The van der Waals surface area contributed by atoms with Crippen LogP contribution in [0, 0.1) is 0 Å². The number of rotatable bonds is 6. The predicted octanol–water partition coefficient (Wildman–Crippen LogP) is 14.6. The van der Waals surface area contributed by atoms with Gasteiger partial charge in [0.25, 0.3) is 0 Å². The second kappa shape index (κ2) is 12.6. The number of hydrogen-bond donors (Lipinski definition) is 1. The minimum absolute atomic E-state index is 0.888. The molecule has 0 radical (unpaired) electrons. The third kappa shape index (κ3) is 5.28. The first-order valence-corrected chi connectivity index (χ1v) is 18.8. The van der Waals surface area contributed by atoms with Gasteiger partial charge in [-0.3, -0.25) is 0 Å². The molecule has 0 amide bonds. The minimum atomic E-state index is 0.888. The fourth-order valence-electron chi connectivity index (χ4n) is 8.32. The van der Waals surface area contributed by atoms with E-state index in [1.807, 2.05) is 6.07 Å². The first-order chi connectivity index (χ1) is 27.2. The van der Waals surface area contributed by atoms with E-state index in [9.17, 15) is 0 Å². The maximum atomic E-state index is 6.45. The van der Waals surface area contributed by atoms with E-state index in [0.29, 0.717) is 0 Å². The summed E-state index contributed by atoms with van der Waals surface area (Å²) in [6, 6.07) is 71.6. The predicted molar refractivity (Wildman–Crippen MR) is 232 cm³/mol. The SMILES string of the molecule is c1ccc(-c2cccc(-n3c4ccc(-c5ccc(Nc6cccc7ccccc67)c(-c6ccccc6)c5)cc4c4cc5c(cc43)oc3ccccc35)c2)cc1. The third-order valence-corrected chi connectivity index (χ3v) is 11.0. The summed E-state index contributed by atoms with van der Waals surface area (Å²) in [4.78, 5) is 0. The molecule has 9 aromatic carbocycles. The quantitative estimate of drug-likeness (QED) is 0.187. The zero-order valence-electron chi connectivity index (χ0n) is 29.9. The largest absolute Gasteiger partial charge is 0.456 e. The second-order valence-corrected chi connectivity index (χ2v) is 14.2. The van der Waals surface area contributed by atoms with Crippen LogP contribution in [0.1, 0.15) is 0 Å². The Morgan fingerprint density at radius 2 is 1.00 bits per heavy atom. The number of benzene rings is 9. The van der Waals surface area contributed by atoms with Gasteiger partial charge < -0.3 is 14.3 Å². The first kappa shape index (κ1) is 31.2. The molecule has 3 heteroatoms. The van der Waals surface area contributed by atoms with Crippen LogP contribution in [0.15, 0.2) is 205 Å². The zero-order chi connectivity index (χ0) is 36.3. The van der Waals surface area contributed by atoms with Crippen molar-refractivity contribution in [3.63, 3.8) is 0 Å². The van der Waals surface area contributed by atoms with Gasteiger partial charge in [0.2, 0.25) is 0 Å². The van der Waals surface area contributed by atoms with Crippen LogP contribution >= 0.6 is 0 Å². The van der Waals surface area contributed by atoms with Crippen molar-refractivity contribution < 1.29 is 4.42 Å². The van der Waals surface area contributed by atoms with Crippen molar-refractivity contribution in [3.05, 3.63) is 200 Å². The Kier molecular flexibility index (Phi) is 7.17. The average molecular weight is 703 g/mol. The van der Waals surface area contributed by atoms with E-state index >= 15 is 0 Å². The van der Waals surface area contributed by atoms with Crippen molar-refractivity contribution in [1.29, 1.82) is 0 Å². The van der Waals surface area contributed by atoms with Crippen molar-refractivity contribution in [2.24, 2.45) is 0 Å². The summed E-state index contributed by atoms with van der Waals surface area (Å²) in [5, 5.41) is 10.9. The van der Waals surface area contributed by atoms with E-state index in [2.05, 4.69) is 204 Å². The minimum Gasteiger partial charge on any atom is -0.456 e. The highest BCUT2D eigenvalue weighted by Crippen LogP contribution is 2.42. The Morgan fingerprint density at radius 1 is 0.345 bits per heavy atom. The highest BCUT2D eigenvalue weighted by Gasteiger charge is 2.18. The summed E-state index contributed by atoms with van der Waals surface area (Å²) in [5.74, 6) is 0. The van der Waals surface area contributed by atoms with Gasteiger partial charge in [-0.25, -0.2) is 0 Å². The molecule has 0 aliphatic carbocycles. The van der Waals surface area contributed by atoms with Gasteiger partial charge in [-0.1, -0.05) is 140 Å². The molecule has 0 fully saturated rings. The lowest BCUT2D eigenvalue weighted by molar-refractivity contribution is 0.669. The summed E-state index contributed by atoms with van der Waals surface area (Å²) in [5.41, 5.74) is 14.3. The molecule has 0 atom stereocenters. The number of hydrogen-bond acceptors (Lipinski definition) is 2. The number of anilines is 2. The highest BCUT2D eigenvalue weighted by atomic mass is 16.3. The molecule has 11 rings (SSSR count). The third-order valence-electron chi connectivity index (χ3n) is 11.0. The number of furan rings is 1. The van der Waals surface area contributed by atoms with E-state index in [4.69, 9.17) is 4.42 Å². The molecule has 2 heterocycles. The number of nitrogens with zero attached hydrogens (tertiary/aromatic N) is 1. The lowest BCUT2D eigenvalue weighted by Crippen LogP contribution is -1.95. The molecule has 0 aliphatic heterocycles. The molecule has 0 bridgehead atoms. The summed E-state index contributed by atoms with van der Waals surface area (Å²) < 4.78 is 8.84. The van der Waals surface area contributed by atoms with Gasteiger partial charge in [-0.15, -0.1) is 0 Å². The summed E-state index contributed by atoms with van der Waals surface area (Å²) >= 11 is 0. The van der Waals surface area contributed by atoms with Crippen molar-refractivity contribution in [2.45, 2.75) is 0 Å². The fourth-order valence-corrected chi connectivity index (χ4v) is 8.32. The molecule has 258 valence electrons. The summed E-state index contributed by atoms with van der Waals surface area (Å²) in [6.07, 6.45) is 0. The Balaban J connectivity index is 1.11. The monoisotopic (exact) mass is 702 g/mol. The van der Waals surface area contributed by atoms with Crippen LogP contribution in [0.5, 0.6) is 0 Å². The van der Waals surface area contributed by atoms with Gasteiger partial charge in [-0.05, 0) is 87.8 Å². The lowest BCUT2D eigenvalue weighted by atomic mass is 9.96. The molecule has 3 nitrogen and oxygen atoms in total. The molecule has 0 saturated heterocycles. The second-order valence-electron chi connectivity index (χ2n) is 14.2.